The third kappa shape index (κ3) is 2.12. The summed E-state index contributed by atoms with van der Waals surface area (Å²) in [5.41, 5.74) is 4.07. The Morgan fingerprint density at radius 3 is 2.62 bits per heavy atom. The van der Waals surface area contributed by atoms with Crippen LogP contribution < -0.4 is 0 Å². The first kappa shape index (κ1) is 11.2. The van der Waals surface area contributed by atoms with Gasteiger partial charge in [-0.25, -0.2) is 0 Å². The largest absolute Gasteiger partial charge is 0.457 e. The van der Waals surface area contributed by atoms with Gasteiger partial charge in [0, 0.05) is 5.56 Å². The van der Waals surface area contributed by atoms with Gasteiger partial charge in [-0.2, -0.15) is 0 Å². The maximum atomic E-state index is 5.89. The highest BCUT2D eigenvalue weighted by molar-refractivity contribution is 5.66. The molecule has 2 nitrogen and oxygen atoms in total. The first-order valence-electron chi connectivity index (χ1n) is 5.65. The van der Waals surface area contributed by atoms with Crippen molar-refractivity contribution in [3.8, 4) is 0 Å². The molecule has 0 radical (unpaired) electrons. The quantitative estimate of drug-likeness (QED) is 0.703. The average molecular weight is 218 g/mol. The van der Waals surface area contributed by atoms with Crippen LogP contribution in [0, 0.1) is 5.92 Å². The molecule has 0 spiro atoms. The number of benzene rings is 1. The van der Waals surface area contributed by atoms with Crippen LogP contribution in [0.25, 0.3) is 11.2 Å². The molecule has 2 heterocycles. The molecule has 86 valence electrons. The van der Waals surface area contributed by atoms with Gasteiger partial charge in [0.2, 0.25) is 0 Å². The first-order chi connectivity index (χ1) is 7.58. The lowest BCUT2D eigenvalue weighted by Gasteiger charge is -2.20. The topological polar surface area (TPSA) is 22.4 Å². The van der Waals surface area contributed by atoms with E-state index in [-0.39, 0.29) is 6.10 Å². The highest BCUT2D eigenvalue weighted by Crippen LogP contribution is 2.34. The van der Waals surface area contributed by atoms with Crippen LogP contribution in [0.3, 0.4) is 0 Å². The molecule has 0 fully saturated rings. The molecular weight excluding hydrogens is 200 g/mol. The van der Waals surface area contributed by atoms with E-state index < -0.39 is 0 Å². The molecule has 0 amide bonds. The van der Waals surface area contributed by atoms with Gasteiger partial charge >= 0.3 is 0 Å². The summed E-state index contributed by atoms with van der Waals surface area (Å²) < 4.78 is 11.4. The lowest BCUT2D eigenvalue weighted by molar-refractivity contribution is 0.0365. The van der Waals surface area contributed by atoms with Gasteiger partial charge < -0.3 is 9.15 Å². The highest BCUT2D eigenvalue weighted by Gasteiger charge is 2.21. The van der Waals surface area contributed by atoms with E-state index in [0.29, 0.717) is 12.5 Å². The molecule has 1 unspecified atom stereocenters. The second-order valence-corrected chi connectivity index (χ2v) is 4.73. The van der Waals surface area contributed by atoms with Crippen LogP contribution in [-0.2, 0) is 4.74 Å². The fourth-order valence-electron chi connectivity index (χ4n) is 1.91. The molecule has 0 aliphatic heterocycles. The summed E-state index contributed by atoms with van der Waals surface area (Å²) in [4.78, 5) is 0. The molecule has 0 saturated heterocycles. The highest BCUT2D eigenvalue weighted by atomic mass is 16.5. The van der Waals surface area contributed by atoms with E-state index in [1.807, 2.05) is 19.1 Å². The Morgan fingerprint density at radius 2 is 2.19 bits per heavy atom. The van der Waals surface area contributed by atoms with E-state index in [1.165, 1.54) is 0 Å². The minimum absolute atomic E-state index is 0.0918. The zero-order chi connectivity index (χ0) is 11.7. The zero-order valence-corrected chi connectivity index (χ0v) is 10.1. The molecule has 0 aromatic carbocycles. The Labute approximate surface area is 96.2 Å². The number of furan rings is 2. The summed E-state index contributed by atoms with van der Waals surface area (Å²) in [6, 6.07) is 6.05. The van der Waals surface area contributed by atoms with E-state index in [4.69, 9.17) is 9.15 Å². The summed E-state index contributed by atoms with van der Waals surface area (Å²) in [5.74, 6) is 0.426. The SMILES string of the molecule is C=C(C)COC(c1cc2ccc1o2)C(C)C. The molecule has 0 saturated carbocycles. The van der Waals surface area contributed by atoms with Crippen molar-refractivity contribution >= 4 is 11.2 Å². The fourth-order valence-corrected chi connectivity index (χ4v) is 1.91. The number of rotatable bonds is 5. The maximum Gasteiger partial charge on any atom is 0.133 e. The van der Waals surface area contributed by atoms with Crippen molar-refractivity contribution in [3.05, 3.63) is 35.9 Å². The first-order valence-corrected chi connectivity index (χ1v) is 5.65. The molecule has 2 heteroatoms. The van der Waals surface area contributed by atoms with E-state index >= 15 is 0 Å². The van der Waals surface area contributed by atoms with E-state index in [2.05, 4.69) is 26.5 Å². The summed E-state index contributed by atoms with van der Waals surface area (Å²) in [5, 5.41) is 0. The second-order valence-electron chi connectivity index (χ2n) is 4.73. The van der Waals surface area contributed by atoms with Gasteiger partial charge in [0.05, 0.1) is 12.7 Å². The Morgan fingerprint density at radius 1 is 1.44 bits per heavy atom. The van der Waals surface area contributed by atoms with E-state index in [9.17, 15) is 0 Å². The molecule has 1 atom stereocenters. The molecule has 0 aliphatic rings. The van der Waals surface area contributed by atoms with Crippen LogP contribution in [0.15, 0.2) is 34.8 Å². The monoisotopic (exact) mass is 218 g/mol. The van der Waals surface area contributed by atoms with Crippen LogP contribution in [0.4, 0.5) is 0 Å². The van der Waals surface area contributed by atoms with Gasteiger partial charge in [0.15, 0.2) is 0 Å². The summed E-state index contributed by atoms with van der Waals surface area (Å²) in [6.45, 7) is 10.8. The van der Waals surface area contributed by atoms with Gasteiger partial charge in [-0.3, -0.25) is 0 Å². The third-order valence-corrected chi connectivity index (χ3v) is 2.63. The van der Waals surface area contributed by atoms with Crippen LogP contribution in [0.2, 0.25) is 0 Å². The van der Waals surface area contributed by atoms with Crippen LogP contribution in [0.1, 0.15) is 32.4 Å². The number of hydrogen-bond donors (Lipinski definition) is 0. The summed E-state index contributed by atoms with van der Waals surface area (Å²) in [7, 11) is 0. The molecule has 16 heavy (non-hydrogen) atoms. The van der Waals surface area contributed by atoms with Crippen LogP contribution in [-0.4, -0.2) is 6.61 Å². The minimum Gasteiger partial charge on any atom is -0.457 e. The van der Waals surface area contributed by atoms with Gasteiger partial charge in [-0.1, -0.05) is 26.0 Å². The second kappa shape index (κ2) is 4.30. The van der Waals surface area contributed by atoms with Crippen molar-refractivity contribution in [2.24, 2.45) is 5.92 Å². The Kier molecular flexibility index (Phi) is 3.01. The molecule has 2 aromatic heterocycles. The normalized spacial score (nSPS) is 13.8. The Balaban J connectivity index is 2.19. The summed E-state index contributed by atoms with van der Waals surface area (Å²) in [6.07, 6.45) is 0.0918. The smallest absolute Gasteiger partial charge is 0.133 e. The predicted octanol–water partition coefficient (Wildman–Crippen LogP) is 4.16. The van der Waals surface area contributed by atoms with Crippen molar-refractivity contribution in [2.75, 3.05) is 6.61 Å². The standard InChI is InChI=1S/C14H18O2/c1-9(2)8-15-14(10(3)4)12-7-11-5-6-13(12)16-11/h5-7,10,14H,1,8H2,2-4H3. The van der Waals surface area contributed by atoms with Crippen LogP contribution >= 0.6 is 0 Å². The van der Waals surface area contributed by atoms with Crippen molar-refractivity contribution in [1.29, 1.82) is 0 Å². The fraction of sp³-hybridized carbons (Fsp3) is 0.429. The lowest BCUT2D eigenvalue weighted by Crippen LogP contribution is -2.12. The third-order valence-electron chi connectivity index (χ3n) is 2.63. The van der Waals surface area contributed by atoms with E-state index in [0.717, 1.165) is 22.3 Å². The van der Waals surface area contributed by atoms with Crippen molar-refractivity contribution in [2.45, 2.75) is 26.9 Å². The van der Waals surface area contributed by atoms with Gasteiger partial charge in [-0.15, -0.1) is 0 Å². The minimum atomic E-state index is 0.0918. The zero-order valence-electron chi connectivity index (χ0n) is 10.1. The van der Waals surface area contributed by atoms with Gasteiger partial charge in [0.1, 0.15) is 11.2 Å². The number of fused-ring (bicyclic) bond motifs is 2. The van der Waals surface area contributed by atoms with Crippen molar-refractivity contribution in [3.63, 3.8) is 0 Å². The summed E-state index contributed by atoms with van der Waals surface area (Å²) >= 11 is 0. The van der Waals surface area contributed by atoms with Crippen LogP contribution in [0.5, 0.6) is 0 Å². The van der Waals surface area contributed by atoms with Gasteiger partial charge in [-0.05, 0) is 31.0 Å². The van der Waals surface area contributed by atoms with Crippen molar-refractivity contribution in [1.82, 2.24) is 0 Å². The molecule has 2 bridgehead atoms. The average Bonchev–Trinajstić information content (AvgIpc) is 2.78. The molecular formula is C14H18O2. The van der Waals surface area contributed by atoms with E-state index in [1.54, 1.807) is 0 Å². The Hall–Kier alpha value is -1.28. The predicted molar refractivity (Wildman–Crippen MR) is 65.7 cm³/mol. The maximum absolute atomic E-state index is 5.89. The molecule has 0 aliphatic carbocycles. The molecule has 2 rings (SSSR count). The number of ether oxygens (including phenoxy) is 1. The lowest BCUT2D eigenvalue weighted by atomic mass is 9.99. The Bertz CT molecular complexity index is 467. The number of hydrogen-bond acceptors (Lipinski definition) is 2. The van der Waals surface area contributed by atoms with Crippen molar-refractivity contribution < 1.29 is 9.15 Å². The molecule has 2 aromatic rings. The van der Waals surface area contributed by atoms with Gasteiger partial charge in [0.25, 0.3) is 0 Å². The molecule has 0 N–H and O–H groups in total.